The average Bonchev–Trinajstić information content (AvgIpc) is 2.96. The molecule has 0 saturated heterocycles. The fourth-order valence-electron chi connectivity index (χ4n) is 14.9. The van der Waals surface area contributed by atoms with Crippen LogP contribution < -0.4 is 0 Å². The molecule has 0 N–H and O–H groups in total. The fourth-order valence-corrected chi connectivity index (χ4v) is 14.9. The third-order valence-corrected chi connectivity index (χ3v) is 15.3. The summed E-state index contributed by atoms with van der Waals surface area (Å²) in [5.74, 6) is 3.74. The Labute approximate surface area is 265 Å². The molecule has 8 saturated carbocycles. The molecule has 8 fully saturated rings. The summed E-state index contributed by atoms with van der Waals surface area (Å²) in [6.07, 6.45) is 17.9. The molecule has 4 unspecified atom stereocenters. The molecule has 0 nitrogen and oxygen atoms in total. The predicted octanol–water partition coefficient (Wildman–Crippen LogP) is 11.6. The highest BCUT2D eigenvalue weighted by molar-refractivity contribution is 5.93. The van der Waals surface area contributed by atoms with Crippen LogP contribution >= 0.6 is 0 Å². The molecule has 0 spiro atoms. The number of hydrogen-bond donors (Lipinski definition) is 0. The van der Waals surface area contributed by atoms with Crippen LogP contribution in [0.2, 0.25) is 0 Å². The summed E-state index contributed by atoms with van der Waals surface area (Å²) >= 11 is 0. The Bertz CT molecular complexity index is 1690. The van der Waals surface area contributed by atoms with Crippen LogP contribution in [0.15, 0.2) is 60.7 Å². The normalized spacial score (nSPS) is 40.0. The van der Waals surface area contributed by atoms with Gasteiger partial charge in [0.15, 0.2) is 0 Å². The zero-order valence-corrected chi connectivity index (χ0v) is 27.6. The quantitative estimate of drug-likeness (QED) is 0.227. The van der Waals surface area contributed by atoms with Crippen LogP contribution in [0, 0.1) is 62.2 Å². The van der Waals surface area contributed by atoms with Gasteiger partial charge < -0.3 is 0 Å². The van der Waals surface area contributed by atoms with Crippen molar-refractivity contribution in [3.8, 4) is 0 Å². The molecule has 0 aromatic heterocycles. The summed E-state index contributed by atoms with van der Waals surface area (Å²) < 4.78 is 0. The third-order valence-electron chi connectivity index (χ3n) is 15.3. The van der Waals surface area contributed by atoms with Gasteiger partial charge in [-0.3, -0.25) is 0 Å². The SMILES string of the molecule is Cc1cccc2c(C34CC5CC(C3)CC(C36CC7CC(CC(c8ccc(C)c9c(C)cccc89)(C7)C3)C6)(C5)C4)ccc(C)c12. The number of aryl methyl sites for hydroxylation is 4. The van der Waals surface area contributed by atoms with Gasteiger partial charge in [-0.1, -0.05) is 60.7 Å². The van der Waals surface area contributed by atoms with Crippen molar-refractivity contribution in [3.63, 3.8) is 0 Å². The molecule has 44 heavy (non-hydrogen) atoms. The molecule has 8 aliphatic rings. The van der Waals surface area contributed by atoms with E-state index in [0.717, 1.165) is 23.7 Å². The lowest BCUT2D eigenvalue weighted by Crippen LogP contribution is -2.66. The molecule has 8 aliphatic carbocycles. The zero-order valence-electron chi connectivity index (χ0n) is 27.6. The highest BCUT2D eigenvalue weighted by atomic mass is 14.7. The van der Waals surface area contributed by atoms with Crippen LogP contribution in [-0.4, -0.2) is 0 Å². The highest BCUT2D eigenvalue weighted by Gasteiger charge is 2.70. The predicted molar refractivity (Wildman–Crippen MR) is 184 cm³/mol. The smallest absolute Gasteiger partial charge is 0.00301 e. The van der Waals surface area contributed by atoms with Crippen molar-refractivity contribution in [3.05, 3.63) is 94.0 Å². The van der Waals surface area contributed by atoms with E-state index >= 15 is 0 Å². The van der Waals surface area contributed by atoms with Crippen molar-refractivity contribution in [1.29, 1.82) is 0 Å². The van der Waals surface area contributed by atoms with E-state index in [2.05, 4.69) is 88.4 Å². The van der Waals surface area contributed by atoms with Gasteiger partial charge in [-0.15, -0.1) is 0 Å². The lowest BCUT2D eigenvalue weighted by atomic mass is 9.30. The van der Waals surface area contributed by atoms with Gasteiger partial charge in [0.1, 0.15) is 0 Å². The van der Waals surface area contributed by atoms with E-state index < -0.39 is 0 Å². The Kier molecular flexibility index (Phi) is 5.20. The van der Waals surface area contributed by atoms with Crippen LogP contribution in [0.1, 0.15) is 110 Å². The van der Waals surface area contributed by atoms with Crippen molar-refractivity contribution >= 4 is 21.5 Å². The maximum Gasteiger partial charge on any atom is -0.00301 e. The average molecular weight is 579 g/mol. The Balaban J connectivity index is 1.13. The number of fused-ring (bicyclic) bond motifs is 2. The van der Waals surface area contributed by atoms with Gasteiger partial charge in [0.25, 0.3) is 0 Å². The molecular weight excluding hydrogens is 528 g/mol. The summed E-state index contributed by atoms with van der Waals surface area (Å²) in [4.78, 5) is 0. The second-order valence-corrected chi connectivity index (χ2v) is 17.9. The summed E-state index contributed by atoms with van der Waals surface area (Å²) in [5, 5.41) is 6.27. The van der Waals surface area contributed by atoms with Crippen molar-refractivity contribution in [1.82, 2.24) is 0 Å². The number of hydrogen-bond acceptors (Lipinski definition) is 0. The summed E-state index contributed by atoms with van der Waals surface area (Å²) in [6.45, 7) is 9.35. The van der Waals surface area contributed by atoms with E-state index in [9.17, 15) is 0 Å². The maximum atomic E-state index is 2.61. The Hall–Kier alpha value is -2.60. The molecule has 0 heterocycles. The van der Waals surface area contributed by atoms with Crippen molar-refractivity contribution in [2.24, 2.45) is 34.5 Å². The molecule has 4 atom stereocenters. The van der Waals surface area contributed by atoms with Gasteiger partial charge >= 0.3 is 0 Å². The van der Waals surface area contributed by atoms with Crippen LogP contribution in [0.3, 0.4) is 0 Å². The van der Waals surface area contributed by atoms with E-state index in [0.29, 0.717) is 21.7 Å². The minimum absolute atomic E-state index is 0.383. The van der Waals surface area contributed by atoms with Gasteiger partial charge in [-0.25, -0.2) is 0 Å². The largest absolute Gasteiger partial charge is 0.0614 e. The Morgan fingerprint density at radius 1 is 0.432 bits per heavy atom. The lowest BCUT2D eigenvalue weighted by Gasteiger charge is -2.74. The standard InChI is InChI=1S/C44H50/c1-27-7-5-9-35-37(13-11-29(3)39(27)35)41-17-31-15-32(18-41)22-43(21-31,25-41)44-23-33-16-34(24-44)20-42(19-33,26-44)38-14-12-30(4)40-28(2)8-6-10-36(38)40/h5-14,31-34H,15-26H2,1-4H3. The summed E-state index contributed by atoms with van der Waals surface area (Å²) in [5.41, 5.74) is 11.2. The molecule has 0 heteroatoms. The summed E-state index contributed by atoms with van der Waals surface area (Å²) in [6, 6.07) is 24.5. The molecular formula is C44H50. The molecule has 4 aromatic rings. The lowest BCUT2D eigenvalue weighted by molar-refractivity contribution is -0.211. The van der Waals surface area contributed by atoms with E-state index in [4.69, 9.17) is 0 Å². The minimum Gasteiger partial charge on any atom is -0.0614 e. The molecule has 8 bridgehead atoms. The van der Waals surface area contributed by atoms with Crippen LogP contribution in [0.5, 0.6) is 0 Å². The second-order valence-electron chi connectivity index (χ2n) is 17.9. The summed E-state index contributed by atoms with van der Waals surface area (Å²) in [7, 11) is 0. The van der Waals surface area contributed by atoms with E-state index in [1.54, 1.807) is 32.7 Å². The monoisotopic (exact) mass is 578 g/mol. The molecule has 0 aliphatic heterocycles. The number of rotatable bonds is 3. The Morgan fingerprint density at radius 2 is 0.795 bits per heavy atom. The topological polar surface area (TPSA) is 0 Å². The van der Waals surface area contributed by atoms with Gasteiger partial charge in [-0.05, 0) is 205 Å². The van der Waals surface area contributed by atoms with Gasteiger partial charge in [-0.2, -0.15) is 0 Å². The first-order chi connectivity index (χ1) is 21.2. The second kappa shape index (κ2) is 8.60. The van der Waals surface area contributed by atoms with E-state index in [1.807, 2.05) is 0 Å². The number of benzene rings is 4. The van der Waals surface area contributed by atoms with Crippen LogP contribution in [0.25, 0.3) is 21.5 Å². The highest BCUT2D eigenvalue weighted by Crippen LogP contribution is 2.79. The molecule has 226 valence electrons. The van der Waals surface area contributed by atoms with Crippen molar-refractivity contribution in [2.45, 2.75) is 116 Å². The first kappa shape index (κ1) is 26.6. The first-order valence-corrected chi connectivity index (χ1v) is 18.2. The molecule has 0 radical (unpaired) electrons. The van der Waals surface area contributed by atoms with Gasteiger partial charge in [0.2, 0.25) is 0 Å². The maximum absolute atomic E-state index is 2.61. The van der Waals surface area contributed by atoms with Gasteiger partial charge in [0.05, 0.1) is 0 Å². The van der Waals surface area contributed by atoms with Crippen LogP contribution in [-0.2, 0) is 10.8 Å². The molecule has 12 rings (SSSR count). The Morgan fingerprint density at radius 3 is 1.18 bits per heavy atom. The molecule has 4 aromatic carbocycles. The van der Waals surface area contributed by atoms with E-state index in [-0.39, 0.29) is 0 Å². The van der Waals surface area contributed by atoms with Crippen LogP contribution in [0.4, 0.5) is 0 Å². The molecule has 0 amide bonds. The van der Waals surface area contributed by atoms with Gasteiger partial charge in [0, 0.05) is 0 Å². The fraction of sp³-hybridized carbons (Fsp3) is 0.545. The zero-order chi connectivity index (χ0) is 29.6. The van der Waals surface area contributed by atoms with Crippen molar-refractivity contribution < 1.29 is 0 Å². The van der Waals surface area contributed by atoms with E-state index in [1.165, 1.54) is 99.3 Å². The third kappa shape index (κ3) is 3.31. The first-order valence-electron chi connectivity index (χ1n) is 18.2. The van der Waals surface area contributed by atoms with Crippen molar-refractivity contribution in [2.75, 3.05) is 0 Å². The minimum atomic E-state index is 0.383.